The molecule has 0 radical (unpaired) electrons. The lowest BCUT2D eigenvalue weighted by Crippen LogP contribution is -2.26. The number of nitrogens with one attached hydrogen (secondary N) is 1. The van der Waals surface area contributed by atoms with Crippen molar-refractivity contribution >= 4 is 17.7 Å². The summed E-state index contributed by atoms with van der Waals surface area (Å²) >= 11 is 1.36. The van der Waals surface area contributed by atoms with E-state index in [4.69, 9.17) is 0 Å². The number of benzene rings is 1. The van der Waals surface area contributed by atoms with E-state index in [9.17, 15) is 4.79 Å². The number of amides is 1. The Morgan fingerprint density at radius 1 is 1.25 bits per heavy atom. The summed E-state index contributed by atoms with van der Waals surface area (Å²) in [6.07, 6.45) is 9.92. The first-order chi connectivity index (χ1) is 11.8. The van der Waals surface area contributed by atoms with Gasteiger partial charge in [-0.05, 0) is 44.2 Å². The zero-order valence-corrected chi connectivity index (χ0v) is 14.5. The lowest BCUT2D eigenvalue weighted by molar-refractivity contribution is -0.118. The zero-order valence-electron chi connectivity index (χ0n) is 13.6. The van der Waals surface area contributed by atoms with Crippen molar-refractivity contribution in [3.05, 3.63) is 48.3 Å². The van der Waals surface area contributed by atoms with Gasteiger partial charge in [0.15, 0.2) is 0 Å². The minimum Gasteiger partial charge on any atom is -0.355 e. The molecule has 24 heavy (non-hydrogen) atoms. The predicted molar refractivity (Wildman–Crippen MR) is 96.3 cm³/mol. The molecule has 1 aliphatic carbocycles. The standard InChI is InChI=1S/C18H22N4OS/c23-17(19-12-11-15-7-3-1-4-8-15)13-24-18-20-14-22(21-18)16-9-5-2-6-10-16/h2,5-7,9-10,14H,1,3-4,8,11-13H2,(H,19,23). The van der Waals surface area contributed by atoms with Crippen LogP contribution in [0.5, 0.6) is 0 Å². The number of rotatable bonds is 7. The van der Waals surface area contributed by atoms with Crippen molar-refractivity contribution in [1.29, 1.82) is 0 Å². The van der Waals surface area contributed by atoms with Gasteiger partial charge < -0.3 is 5.32 Å². The fraction of sp³-hybridized carbons (Fsp3) is 0.389. The summed E-state index contributed by atoms with van der Waals surface area (Å²) in [4.78, 5) is 16.2. The number of para-hydroxylation sites is 1. The van der Waals surface area contributed by atoms with Gasteiger partial charge in [-0.3, -0.25) is 4.79 Å². The Kier molecular flexibility index (Phi) is 6.07. The van der Waals surface area contributed by atoms with Gasteiger partial charge in [-0.25, -0.2) is 9.67 Å². The normalized spacial score (nSPS) is 14.2. The first kappa shape index (κ1) is 16.8. The number of hydrogen-bond donors (Lipinski definition) is 1. The van der Waals surface area contributed by atoms with Crippen LogP contribution in [0.2, 0.25) is 0 Å². The van der Waals surface area contributed by atoms with Crippen molar-refractivity contribution in [3.63, 3.8) is 0 Å². The Balaban J connectivity index is 1.40. The lowest BCUT2D eigenvalue weighted by Gasteiger charge is -2.12. The van der Waals surface area contributed by atoms with Crippen LogP contribution in [0, 0.1) is 0 Å². The average molecular weight is 342 g/mol. The highest BCUT2D eigenvalue weighted by molar-refractivity contribution is 7.99. The number of thioether (sulfide) groups is 1. The van der Waals surface area contributed by atoms with Crippen molar-refractivity contribution in [2.75, 3.05) is 12.3 Å². The molecule has 0 spiro atoms. The Bertz CT molecular complexity index is 696. The molecule has 1 aliphatic rings. The van der Waals surface area contributed by atoms with E-state index in [2.05, 4.69) is 21.5 Å². The maximum absolute atomic E-state index is 11.9. The van der Waals surface area contributed by atoms with Gasteiger partial charge in [0.05, 0.1) is 11.4 Å². The molecule has 1 N–H and O–H groups in total. The molecule has 0 unspecified atom stereocenters. The SMILES string of the molecule is O=C(CSc1ncn(-c2ccccc2)n1)NCCC1=CCCCC1. The third-order valence-electron chi connectivity index (χ3n) is 3.98. The van der Waals surface area contributed by atoms with E-state index in [1.165, 1.54) is 43.0 Å². The molecule has 0 bridgehead atoms. The van der Waals surface area contributed by atoms with Crippen molar-refractivity contribution in [2.45, 2.75) is 37.3 Å². The molecule has 0 saturated heterocycles. The summed E-state index contributed by atoms with van der Waals surface area (Å²) in [5, 5.41) is 7.98. The average Bonchev–Trinajstić information content (AvgIpc) is 3.11. The minimum absolute atomic E-state index is 0.0347. The van der Waals surface area contributed by atoms with Crippen molar-refractivity contribution in [1.82, 2.24) is 20.1 Å². The summed E-state index contributed by atoms with van der Waals surface area (Å²) in [5.74, 6) is 0.380. The Morgan fingerprint density at radius 3 is 2.92 bits per heavy atom. The van der Waals surface area contributed by atoms with Gasteiger partial charge in [-0.15, -0.1) is 5.10 Å². The number of allylic oxidation sites excluding steroid dienone is 1. The molecule has 3 rings (SSSR count). The molecule has 0 atom stereocenters. The van der Waals surface area contributed by atoms with Gasteiger partial charge in [0.2, 0.25) is 11.1 Å². The van der Waals surface area contributed by atoms with Crippen molar-refractivity contribution < 1.29 is 4.79 Å². The van der Waals surface area contributed by atoms with Gasteiger partial charge in [0.1, 0.15) is 6.33 Å². The van der Waals surface area contributed by atoms with Crippen molar-refractivity contribution in [2.24, 2.45) is 0 Å². The van der Waals surface area contributed by atoms with E-state index in [0.29, 0.717) is 10.9 Å². The fourth-order valence-corrected chi connectivity index (χ4v) is 3.32. The highest BCUT2D eigenvalue weighted by Gasteiger charge is 2.08. The molecule has 2 aromatic rings. The maximum atomic E-state index is 11.9. The van der Waals surface area contributed by atoms with Crippen LogP contribution < -0.4 is 5.32 Å². The van der Waals surface area contributed by atoms with E-state index in [1.807, 2.05) is 30.3 Å². The maximum Gasteiger partial charge on any atom is 0.230 e. The third kappa shape index (κ3) is 4.96. The van der Waals surface area contributed by atoms with Crippen LogP contribution in [-0.4, -0.2) is 33.0 Å². The molecule has 6 heteroatoms. The predicted octanol–water partition coefficient (Wildman–Crippen LogP) is 3.37. The van der Waals surface area contributed by atoms with Crippen LogP contribution in [0.3, 0.4) is 0 Å². The highest BCUT2D eigenvalue weighted by atomic mass is 32.2. The van der Waals surface area contributed by atoms with Gasteiger partial charge in [-0.2, -0.15) is 0 Å². The van der Waals surface area contributed by atoms with Crippen LogP contribution in [0.1, 0.15) is 32.1 Å². The van der Waals surface area contributed by atoms with Gasteiger partial charge in [0.25, 0.3) is 0 Å². The molecule has 126 valence electrons. The van der Waals surface area contributed by atoms with Gasteiger partial charge >= 0.3 is 0 Å². The fourth-order valence-electron chi connectivity index (χ4n) is 2.69. The highest BCUT2D eigenvalue weighted by Crippen LogP contribution is 2.19. The number of nitrogens with zero attached hydrogens (tertiary/aromatic N) is 3. The zero-order chi connectivity index (χ0) is 16.6. The smallest absolute Gasteiger partial charge is 0.230 e. The molecule has 0 saturated carbocycles. The summed E-state index contributed by atoms with van der Waals surface area (Å²) in [6, 6.07) is 9.81. The monoisotopic (exact) mass is 342 g/mol. The molecule has 0 fully saturated rings. The first-order valence-electron chi connectivity index (χ1n) is 8.36. The molecule has 1 heterocycles. The van der Waals surface area contributed by atoms with Crippen LogP contribution in [-0.2, 0) is 4.79 Å². The van der Waals surface area contributed by atoms with Crippen LogP contribution in [0.25, 0.3) is 5.69 Å². The van der Waals surface area contributed by atoms with E-state index < -0.39 is 0 Å². The molecular weight excluding hydrogens is 320 g/mol. The van der Waals surface area contributed by atoms with E-state index in [-0.39, 0.29) is 5.91 Å². The number of carbonyl (C=O) groups excluding carboxylic acids is 1. The Hall–Kier alpha value is -2.08. The number of aromatic nitrogens is 3. The van der Waals surface area contributed by atoms with E-state index in [0.717, 1.165) is 18.7 Å². The minimum atomic E-state index is 0.0347. The van der Waals surface area contributed by atoms with Crippen molar-refractivity contribution in [3.8, 4) is 5.69 Å². The quantitative estimate of drug-likeness (QED) is 0.619. The third-order valence-corrected chi connectivity index (χ3v) is 4.83. The van der Waals surface area contributed by atoms with Gasteiger partial charge in [-0.1, -0.05) is 41.6 Å². The van der Waals surface area contributed by atoms with Crippen LogP contribution in [0.15, 0.2) is 53.5 Å². The van der Waals surface area contributed by atoms with Crippen LogP contribution in [0.4, 0.5) is 0 Å². The number of hydrogen-bond acceptors (Lipinski definition) is 4. The number of carbonyl (C=O) groups is 1. The molecule has 1 aromatic heterocycles. The Labute approximate surface area is 146 Å². The molecule has 5 nitrogen and oxygen atoms in total. The van der Waals surface area contributed by atoms with E-state index in [1.54, 1.807) is 11.0 Å². The Morgan fingerprint density at radius 2 is 2.12 bits per heavy atom. The first-order valence-corrected chi connectivity index (χ1v) is 9.34. The summed E-state index contributed by atoms with van der Waals surface area (Å²) in [5.41, 5.74) is 2.44. The second-order valence-electron chi connectivity index (χ2n) is 5.80. The molecule has 0 aliphatic heterocycles. The summed E-state index contributed by atoms with van der Waals surface area (Å²) < 4.78 is 1.72. The van der Waals surface area contributed by atoms with E-state index >= 15 is 0 Å². The second-order valence-corrected chi connectivity index (χ2v) is 6.75. The molecule has 1 amide bonds. The molecule has 1 aromatic carbocycles. The topological polar surface area (TPSA) is 59.8 Å². The largest absolute Gasteiger partial charge is 0.355 e. The summed E-state index contributed by atoms with van der Waals surface area (Å²) in [6.45, 7) is 0.719. The lowest BCUT2D eigenvalue weighted by atomic mass is 9.97. The second kappa shape index (κ2) is 8.68. The van der Waals surface area contributed by atoms with Gasteiger partial charge in [0, 0.05) is 6.54 Å². The molecular formula is C18H22N4OS. The summed E-state index contributed by atoms with van der Waals surface area (Å²) in [7, 11) is 0. The van der Waals surface area contributed by atoms with Crippen LogP contribution >= 0.6 is 11.8 Å².